The minimum Gasteiger partial charge on any atom is -0.462 e. The van der Waals surface area contributed by atoms with Gasteiger partial charge in [0.05, 0.1) is 12.2 Å². The first kappa shape index (κ1) is 9.77. The number of hydrogen-bond acceptors (Lipinski definition) is 2. The van der Waals surface area contributed by atoms with Crippen molar-refractivity contribution in [1.82, 2.24) is 4.98 Å². The van der Waals surface area contributed by atoms with Crippen molar-refractivity contribution in [3.63, 3.8) is 0 Å². The molecule has 0 atom stereocenters. The molecule has 1 aromatic carbocycles. The van der Waals surface area contributed by atoms with E-state index in [-0.39, 0.29) is 5.97 Å². The number of carbonyl (C=O) groups is 1. The summed E-state index contributed by atoms with van der Waals surface area (Å²) in [4.78, 5) is 14.6. The monoisotopic (exact) mass is 203 g/mol. The number of hydrogen-bond donors (Lipinski definition) is 1. The molecule has 2 rings (SSSR count). The van der Waals surface area contributed by atoms with E-state index in [1.165, 1.54) is 5.56 Å². The van der Waals surface area contributed by atoms with Crippen molar-refractivity contribution >= 4 is 16.9 Å². The number of aromatic amines is 1. The fraction of sp³-hybridized carbons (Fsp3) is 0.250. The number of nitrogens with one attached hydrogen (secondary N) is 1. The van der Waals surface area contributed by atoms with Crippen LogP contribution in [0.1, 0.15) is 22.8 Å². The highest BCUT2D eigenvalue weighted by molar-refractivity contribution is 5.95. The first-order valence-electron chi connectivity index (χ1n) is 4.97. The molecule has 0 radical (unpaired) electrons. The zero-order chi connectivity index (χ0) is 10.8. The van der Waals surface area contributed by atoms with E-state index in [2.05, 4.69) is 4.98 Å². The summed E-state index contributed by atoms with van der Waals surface area (Å²) in [5.41, 5.74) is 2.74. The molecule has 3 nitrogen and oxygen atoms in total. The summed E-state index contributed by atoms with van der Waals surface area (Å²) in [5, 5.41) is 1.14. The van der Waals surface area contributed by atoms with Gasteiger partial charge in [0, 0.05) is 17.1 Å². The van der Waals surface area contributed by atoms with Crippen molar-refractivity contribution in [2.45, 2.75) is 13.8 Å². The van der Waals surface area contributed by atoms with Gasteiger partial charge in [-0.1, -0.05) is 6.07 Å². The van der Waals surface area contributed by atoms with E-state index in [1.807, 2.05) is 25.3 Å². The number of aromatic nitrogens is 1. The molecule has 0 aliphatic rings. The summed E-state index contributed by atoms with van der Waals surface area (Å²) in [6.45, 7) is 4.23. The molecule has 15 heavy (non-hydrogen) atoms. The van der Waals surface area contributed by atoms with Crippen LogP contribution in [0.4, 0.5) is 0 Å². The van der Waals surface area contributed by atoms with Gasteiger partial charge in [-0.15, -0.1) is 0 Å². The molecule has 3 heteroatoms. The lowest BCUT2D eigenvalue weighted by atomic mass is 10.1. The maximum absolute atomic E-state index is 11.5. The molecule has 0 spiro atoms. The van der Waals surface area contributed by atoms with Crippen LogP contribution in [0.3, 0.4) is 0 Å². The Hall–Kier alpha value is -1.77. The second-order valence-electron chi connectivity index (χ2n) is 3.45. The summed E-state index contributed by atoms with van der Waals surface area (Å²) in [6.07, 6.45) is 1.93. The zero-order valence-electron chi connectivity index (χ0n) is 8.83. The first-order chi connectivity index (χ1) is 7.22. The van der Waals surface area contributed by atoms with Crippen molar-refractivity contribution in [2.24, 2.45) is 0 Å². The Labute approximate surface area is 88.1 Å². The van der Waals surface area contributed by atoms with Gasteiger partial charge in [-0.05, 0) is 31.5 Å². The molecule has 2 aromatic rings. The average Bonchev–Trinajstić information content (AvgIpc) is 2.60. The Morgan fingerprint density at radius 3 is 3.00 bits per heavy atom. The predicted molar refractivity (Wildman–Crippen MR) is 59.0 cm³/mol. The number of rotatable bonds is 2. The molecule has 0 unspecified atom stereocenters. The normalized spacial score (nSPS) is 10.5. The molecule has 0 amide bonds. The van der Waals surface area contributed by atoms with E-state index >= 15 is 0 Å². The van der Waals surface area contributed by atoms with Crippen molar-refractivity contribution < 1.29 is 9.53 Å². The van der Waals surface area contributed by atoms with Crippen LogP contribution in [-0.2, 0) is 4.74 Å². The number of fused-ring (bicyclic) bond motifs is 1. The van der Waals surface area contributed by atoms with Crippen LogP contribution >= 0.6 is 0 Å². The largest absolute Gasteiger partial charge is 0.462 e. The highest BCUT2D eigenvalue weighted by Crippen LogP contribution is 2.19. The number of esters is 1. The minimum absolute atomic E-state index is 0.272. The summed E-state index contributed by atoms with van der Waals surface area (Å²) in [6, 6.07) is 5.55. The maximum atomic E-state index is 11.5. The number of aryl methyl sites for hydroxylation is 1. The summed E-state index contributed by atoms with van der Waals surface area (Å²) < 4.78 is 4.93. The van der Waals surface area contributed by atoms with Gasteiger partial charge in [-0.3, -0.25) is 0 Å². The molecule has 78 valence electrons. The van der Waals surface area contributed by atoms with E-state index in [1.54, 1.807) is 13.0 Å². The topological polar surface area (TPSA) is 42.1 Å². The lowest BCUT2D eigenvalue weighted by Gasteiger charge is -2.01. The number of ether oxygens (including phenoxy) is 1. The molecule has 0 saturated heterocycles. The molecule has 0 aliphatic heterocycles. The third kappa shape index (κ3) is 1.73. The van der Waals surface area contributed by atoms with Crippen LogP contribution in [-0.4, -0.2) is 17.6 Å². The lowest BCUT2D eigenvalue weighted by molar-refractivity contribution is 0.0526. The number of benzene rings is 1. The summed E-state index contributed by atoms with van der Waals surface area (Å²) in [7, 11) is 0. The van der Waals surface area contributed by atoms with E-state index in [0.29, 0.717) is 12.2 Å². The summed E-state index contributed by atoms with van der Waals surface area (Å²) in [5.74, 6) is -0.272. The van der Waals surface area contributed by atoms with Gasteiger partial charge in [0.1, 0.15) is 0 Å². The molecule has 0 saturated carbocycles. The van der Waals surface area contributed by atoms with Crippen LogP contribution in [0.15, 0.2) is 24.4 Å². The van der Waals surface area contributed by atoms with Gasteiger partial charge in [-0.2, -0.15) is 0 Å². The molecule has 1 aromatic heterocycles. The van der Waals surface area contributed by atoms with Gasteiger partial charge in [0.25, 0.3) is 0 Å². The van der Waals surface area contributed by atoms with Crippen LogP contribution in [0.2, 0.25) is 0 Å². The number of carbonyl (C=O) groups excluding carboxylic acids is 1. The highest BCUT2D eigenvalue weighted by atomic mass is 16.5. The Morgan fingerprint density at radius 1 is 1.47 bits per heavy atom. The van der Waals surface area contributed by atoms with Crippen LogP contribution in [0.25, 0.3) is 10.9 Å². The Balaban J connectivity index is 2.43. The number of H-pyrrole nitrogens is 1. The second kappa shape index (κ2) is 3.77. The molecule has 0 fully saturated rings. The smallest absolute Gasteiger partial charge is 0.338 e. The standard InChI is InChI=1S/C12H13NO2/c1-3-15-12(14)9-4-5-10-8(2)7-13-11(10)6-9/h4-7,13H,3H2,1-2H3. The molecule has 1 heterocycles. The van der Waals surface area contributed by atoms with Crippen molar-refractivity contribution in [2.75, 3.05) is 6.61 Å². The van der Waals surface area contributed by atoms with E-state index < -0.39 is 0 Å². The fourth-order valence-corrected chi connectivity index (χ4v) is 1.61. The van der Waals surface area contributed by atoms with Gasteiger partial charge >= 0.3 is 5.97 Å². The van der Waals surface area contributed by atoms with Gasteiger partial charge in [0.15, 0.2) is 0 Å². The Bertz CT molecular complexity index is 499. The average molecular weight is 203 g/mol. The Morgan fingerprint density at radius 2 is 2.27 bits per heavy atom. The van der Waals surface area contributed by atoms with Gasteiger partial charge in [0.2, 0.25) is 0 Å². The SMILES string of the molecule is CCOC(=O)c1ccc2c(C)c[nH]c2c1. The molecule has 1 N–H and O–H groups in total. The fourth-order valence-electron chi connectivity index (χ4n) is 1.61. The quantitative estimate of drug-likeness (QED) is 0.762. The molecule has 0 bridgehead atoms. The zero-order valence-corrected chi connectivity index (χ0v) is 8.83. The van der Waals surface area contributed by atoms with Crippen LogP contribution in [0.5, 0.6) is 0 Å². The lowest BCUT2D eigenvalue weighted by Crippen LogP contribution is -2.04. The summed E-state index contributed by atoms with van der Waals surface area (Å²) >= 11 is 0. The van der Waals surface area contributed by atoms with Gasteiger partial charge in [-0.25, -0.2) is 4.79 Å². The van der Waals surface area contributed by atoms with Crippen molar-refractivity contribution in [3.8, 4) is 0 Å². The van der Waals surface area contributed by atoms with E-state index in [4.69, 9.17) is 4.74 Å². The van der Waals surface area contributed by atoms with Crippen molar-refractivity contribution in [3.05, 3.63) is 35.5 Å². The predicted octanol–water partition coefficient (Wildman–Crippen LogP) is 2.65. The third-order valence-corrected chi connectivity index (χ3v) is 2.40. The molecular weight excluding hydrogens is 190 g/mol. The van der Waals surface area contributed by atoms with Crippen molar-refractivity contribution in [1.29, 1.82) is 0 Å². The van der Waals surface area contributed by atoms with E-state index in [0.717, 1.165) is 10.9 Å². The van der Waals surface area contributed by atoms with E-state index in [9.17, 15) is 4.79 Å². The second-order valence-corrected chi connectivity index (χ2v) is 3.45. The molecule has 0 aliphatic carbocycles. The minimum atomic E-state index is -0.272. The Kier molecular flexibility index (Phi) is 2.46. The van der Waals surface area contributed by atoms with Gasteiger partial charge < -0.3 is 9.72 Å². The first-order valence-corrected chi connectivity index (χ1v) is 4.97. The highest BCUT2D eigenvalue weighted by Gasteiger charge is 2.08. The maximum Gasteiger partial charge on any atom is 0.338 e. The molecular formula is C12H13NO2. The van der Waals surface area contributed by atoms with Crippen LogP contribution in [0, 0.1) is 6.92 Å². The third-order valence-electron chi connectivity index (χ3n) is 2.40. The van der Waals surface area contributed by atoms with Crippen LogP contribution < -0.4 is 0 Å².